The summed E-state index contributed by atoms with van der Waals surface area (Å²) in [5, 5.41) is 0. The van der Waals surface area contributed by atoms with E-state index in [0.717, 1.165) is 5.56 Å². The lowest BCUT2D eigenvalue weighted by atomic mass is 10.2. The first-order valence-electron chi connectivity index (χ1n) is 8.13. The Morgan fingerprint density at radius 2 is 1.37 bits per heavy atom. The van der Waals surface area contributed by atoms with Gasteiger partial charge in [0.25, 0.3) is 0 Å². The van der Waals surface area contributed by atoms with E-state index < -0.39 is 41.9 Å². The first kappa shape index (κ1) is 23.7. The maximum atomic E-state index is 12.6. The highest BCUT2D eigenvalue weighted by atomic mass is 32.3. The van der Waals surface area contributed by atoms with Gasteiger partial charge in [0.15, 0.2) is 0 Å². The number of hydrogen-bond acceptors (Lipinski definition) is 5. The second-order valence-electron chi connectivity index (χ2n) is 5.60. The van der Waals surface area contributed by atoms with Crippen LogP contribution in [0.25, 0.3) is 0 Å². The fraction of sp³-hybridized carbons (Fsp3) is 0.625. The molecule has 0 amide bonds. The van der Waals surface area contributed by atoms with Crippen molar-refractivity contribution in [3.8, 4) is 0 Å². The highest BCUT2D eigenvalue weighted by Crippen LogP contribution is 2.38. The van der Waals surface area contributed by atoms with Gasteiger partial charge in [0.2, 0.25) is 0 Å². The molecule has 0 aliphatic carbocycles. The molecule has 27 heavy (non-hydrogen) atoms. The van der Waals surface area contributed by atoms with E-state index >= 15 is 0 Å². The minimum atomic E-state index is -5.68. The van der Waals surface area contributed by atoms with Crippen LogP contribution >= 0.6 is 0 Å². The Hall–Kier alpha value is -1.30. The predicted octanol–water partition coefficient (Wildman–Crippen LogP) is 4.24. The molecule has 0 saturated heterocycles. The van der Waals surface area contributed by atoms with Crippen molar-refractivity contribution in [2.45, 2.75) is 44.4 Å². The third kappa shape index (κ3) is 9.99. The van der Waals surface area contributed by atoms with Gasteiger partial charge in [0.1, 0.15) is 0 Å². The molecule has 0 atom stereocenters. The van der Waals surface area contributed by atoms with E-state index in [9.17, 15) is 30.4 Å². The summed E-state index contributed by atoms with van der Waals surface area (Å²) in [5.74, 6) is -4.89. The predicted molar refractivity (Wildman–Crippen MR) is 86.4 cm³/mol. The second-order valence-corrected chi connectivity index (χ2v) is 6.89. The third-order valence-corrected chi connectivity index (χ3v) is 4.21. The van der Waals surface area contributed by atoms with Crippen LogP contribution in [0.3, 0.4) is 0 Å². The zero-order valence-corrected chi connectivity index (χ0v) is 15.2. The van der Waals surface area contributed by atoms with Crippen molar-refractivity contribution >= 4 is 10.4 Å². The van der Waals surface area contributed by atoms with Gasteiger partial charge in [-0.25, -0.2) is 8.37 Å². The number of benzene rings is 1. The molecule has 1 rings (SSSR count). The summed E-state index contributed by atoms with van der Waals surface area (Å²) in [6, 6.07) is 9.43. The lowest BCUT2D eigenvalue weighted by Crippen LogP contribution is -2.36. The largest absolute Gasteiger partial charge is 0.453 e. The Kier molecular flexibility index (Phi) is 9.57. The van der Waals surface area contributed by atoms with Crippen LogP contribution in [0.15, 0.2) is 30.3 Å². The number of rotatable bonds is 13. The molecule has 11 heteroatoms. The van der Waals surface area contributed by atoms with Gasteiger partial charge in [-0.3, -0.25) is 0 Å². The van der Waals surface area contributed by atoms with Gasteiger partial charge >= 0.3 is 22.5 Å². The average Bonchev–Trinajstić information content (AvgIpc) is 2.58. The van der Waals surface area contributed by atoms with Crippen molar-refractivity contribution in [2.75, 3.05) is 19.8 Å². The SMILES string of the molecule is O=S(=O)(OCCCCOCc1ccccc1)OCCCC(F)(F)C(F)(F)F. The van der Waals surface area contributed by atoms with Crippen molar-refractivity contribution < 1.29 is 43.5 Å². The molecule has 0 heterocycles. The molecular formula is C16H21F5O5S. The molecule has 0 radical (unpaired) electrons. The minimum absolute atomic E-state index is 0.213. The molecule has 0 unspecified atom stereocenters. The molecule has 0 bridgehead atoms. The highest BCUT2D eigenvalue weighted by molar-refractivity contribution is 7.81. The molecule has 0 aromatic heterocycles. The molecule has 0 fully saturated rings. The zero-order valence-electron chi connectivity index (χ0n) is 14.4. The van der Waals surface area contributed by atoms with Crippen LogP contribution in [0.5, 0.6) is 0 Å². The van der Waals surface area contributed by atoms with Crippen LogP contribution < -0.4 is 0 Å². The van der Waals surface area contributed by atoms with Crippen molar-refractivity contribution in [1.82, 2.24) is 0 Å². The Bertz CT molecular complexity index is 634. The molecule has 1 aromatic carbocycles. The van der Waals surface area contributed by atoms with Crippen LogP contribution in [-0.4, -0.2) is 40.3 Å². The average molecular weight is 420 g/mol. The quantitative estimate of drug-likeness (QED) is 0.353. The third-order valence-electron chi connectivity index (χ3n) is 3.30. The fourth-order valence-corrected chi connectivity index (χ4v) is 2.57. The maximum Gasteiger partial charge on any atom is 0.453 e. The van der Waals surface area contributed by atoms with Crippen molar-refractivity contribution in [1.29, 1.82) is 0 Å². The van der Waals surface area contributed by atoms with E-state index in [-0.39, 0.29) is 6.61 Å². The van der Waals surface area contributed by atoms with E-state index in [1.165, 1.54) is 0 Å². The molecular weight excluding hydrogens is 399 g/mol. The smallest absolute Gasteiger partial charge is 0.377 e. The van der Waals surface area contributed by atoms with Gasteiger partial charge in [-0.1, -0.05) is 30.3 Å². The topological polar surface area (TPSA) is 61.8 Å². The van der Waals surface area contributed by atoms with E-state index in [2.05, 4.69) is 8.37 Å². The van der Waals surface area contributed by atoms with E-state index in [1.807, 2.05) is 30.3 Å². The van der Waals surface area contributed by atoms with Crippen LogP contribution in [0.4, 0.5) is 22.0 Å². The second kappa shape index (κ2) is 10.9. The van der Waals surface area contributed by atoms with Gasteiger partial charge in [-0.2, -0.15) is 30.4 Å². The summed E-state index contributed by atoms with van der Waals surface area (Å²) in [4.78, 5) is 0. The maximum absolute atomic E-state index is 12.6. The normalized spacial score (nSPS) is 13.1. The van der Waals surface area contributed by atoms with Crippen LogP contribution in [0.1, 0.15) is 31.2 Å². The zero-order chi connectivity index (χ0) is 20.4. The number of halogens is 5. The molecule has 0 saturated carbocycles. The van der Waals surface area contributed by atoms with E-state index in [4.69, 9.17) is 4.74 Å². The van der Waals surface area contributed by atoms with Crippen molar-refractivity contribution in [2.24, 2.45) is 0 Å². The Balaban J connectivity index is 2.08. The van der Waals surface area contributed by atoms with Crippen LogP contribution in [0, 0.1) is 0 Å². The summed E-state index contributed by atoms with van der Waals surface area (Å²) in [6.45, 7) is -0.235. The lowest BCUT2D eigenvalue weighted by Gasteiger charge is -2.19. The molecule has 0 N–H and O–H groups in total. The standard InChI is InChI=1S/C16H21F5O5S/c17-15(18,16(19,20)21)9-6-12-26-27(22,23)25-11-5-4-10-24-13-14-7-2-1-3-8-14/h1-3,7-8H,4-6,9-13H2. The Morgan fingerprint density at radius 1 is 0.815 bits per heavy atom. The summed E-state index contributed by atoms with van der Waals surface area (Å²) >= 11 is 0. The number of ether oxygens (including phenoxy) is 1. The number of hydrogen-bond donors (Lipinski definition) is 0. The summed E-state index contributed by atoms with van der Waals surface area (Å²) < 4.78 is 97.9. The molecule has 1 aromatic rings. The first-order valence-corrected chi connectivity index (χ1v) is 9.47. The number of unbranched alkanes of at least 4 members (excludes halogenated alkanes) is 1. The first-order chi connectivity index (χ1) is 12.5. The van der Waals surface area contributed by atoms with E-state index in [0.29, 0.717) is 26.1 Å². The Morgan fingerprint density at radius 3 is 1.96 bits per heavy atom. The van der Waals surface area contributed by atoms with Gasteiger partial charge < -0.3 is 4.74 Å². The van der Waals surface area contributed by atoms with Gasteiger partial charge in [0, 0.05) is 13.0 Å². The number of alkyl halides is 5. The van der Waals surface area contributed by atoms with Gasteiger partial charge in [-0.05, 0) is 24.8 Å². The van der Waals surface area contributed by atoms with Gasteiger partial charge in [-0.15, -0.1) is 0 Å². The monoisotopic (exact) mass is 420 g/mol. The molecule has 0 aliphatic rings. The fourth-order valence-electron chi connectivity index (χ4n) is 1.86. The summed E-state index contributed by atoms with van der Waals surface area (Å²) in [5.41, 5.74) is 1.00. The lowest BCUT2D eigenvalue weighted by molar-refractivity contribution is -0.284. The summed E-state index contributed by atoms with van der Waals surface area (Å²) in [6.07, 6.45) is -7.18. The van der Waals surface area contributed by atoms with Crippen LogP contribution in [0.2, 0.25) is 0 Å². The highest BCUT2D eigenvalue weighted by Gasteiger charge is 2.56. The summed E-state index contributed by atoms with van der Waals surface area (Å²) in [7, 11) is -4.44. The van der Waals surface area contributed by atoms with E-state index in [1.54, 1.807) is 0 Å². The van der Waals surface area contributed by atoms with Crippen molar-refractivity contribution in [3.63, 3.8) is 0 Å². The van der Waals surface area contributed by atoms with Gasteiger partial charge in [0.05, 0.1) is 19.8 Å². The molecule has 156 valence electrons. The minimum Gasteiger partial charge on any atom is -0.377 e. The molecule has 5 nitrogen and oxygen atoms in total. The molecule has 0 aliphatic heterocycles. The Labute approximate surface area is 154 Å². The van der Waals surface area contributed by atoms with Crippen LogP contribution in [-0.2, 0) is 30.1 Å². The molecule has 0 spiro atoms. The van der Waals surface area contributed by atoms with Crippen molar-refractivity contribution in [3.05, 3.63) is 35.9 Å².